The van der Waals surface area contributed by atoms with Gasteiger partial charge in [0.15, 0.2) is 0 Å². The maximum Gasteiger partial charge on any atom is 0.231 e. The first-order chi connectivity index (χ1) is 13.1. The van der Waals surface area contributed by atoms with Gasteiger partial charge in [-0.2, -0.15) is 0 Å². The highest BCUT2D eigenvalue weighted by Gasteiger charge is 2.43. The highest BCUT2D eigenvalue weighted by Crippen LogP contribution is 2.37. The Morgan fingerprint density at radius 1 is 1.41 bits per heavy atom. The van der Waals surface area contributed by atoms with E-state index in [4.69, 9.17) is 4.74 Å². The van der Waals surface area contributed by atoms with Crippen molar-refractivity contribution in [2.45, 2.75) is 12.6 Å². The molecule has 0 spiro atoms. The molecule has 2 N–H and O–H groups in total. The summed E-state index contributed by atoms with van der Waals surface area (Å²) in [4.78, 5) is 23.7. The van der Waals surface area contributed by atoms with E-state index in [2.05, 4.69) is 20.3 Å². The Morgan fingerprint density at radius 2 is 2.26 bits per heavy atom. The molecule has 0 aromatic carbocycles. The first-order valence-electron chi connectivity index (χ1n) is 8.58. The second kappa shape index (κ2) is 5.80. The molecule has 8 heteroatoms. The van der Waals surface area contributed by atoms with Crippen LogP contribution in [0.25, 0.3) is 27.8 Å². The molecule has 4 heterocycles. The molecule has 27 heavy (non-hydrogen) atoms. The summed E-state index contributed by atoms with van der Waals surface area (Å²) in [5.41, 5.74) is 3.24. The number of H-pyrrole nitrogens is 1. The highest BCUT2D eigenvalue weighted by molar-refractivity contribution is 5.98. The van der Waals surface area contributed by atoms with Gasteiger partial charge in [-0.1, -0.05) is 0 Å². The van der Waals surface area contributed by atoms with Gasteiger partial charge in [0.05, 0.1) is 13.0 Å². The van der Waals surface area contributed by atoms with E-state index >= 15 is 0 Å². The third kappa shape index (κ3) is 2.61. The second-order valence-electron chi connectivity index (χ2n) is 6.59. The lowest BCUT2D eigenvalue weighted by Crippen LogP contribution is -2.15. The van der Waals surface area contributed by atoms with E-state index in [9.17, 15) is 9.18 Å². The third-order valence-electron chi connectivity index (χ3n) is 4.84. The Balaban J connectivity index is 1.54. The molecule has 4 aromatic heterocycles. The maximum absolute atomic E-state index is 13.0. The standard InChI is InChI=1S/C19H16FN5O2/c1-27-15-7-17-21-4-5-25(17)9-13(15)12-8-22-18-10(12)2-3-16(23-18)24-19(26)11-6-14(11)20/h2-5,7-9,11,14H,6H2,1H3,(H2,22,23,24,26). The number of rotatable bonds is 4. The number of aromatic amines is 1. The summed E-state index contributed by atoms with van der Waals surface area (Å²) in [6.07, 6.45) is 6.66. The van der Waals surface area contributed by atoms with Gasteiger partial charge in [0.2, 0.25) is 5.91 Å². The number of carbonyl (C=O) groups excluding carboxylic acids is 1. The van der Waals surface area contributed by atoms with E-state index in [1.807, 2.05) is 35.1 Å². The number of methoxy groups -OCH3 is 1. The van der Waals surface area contributed by atoms with E-state index in [-0.39, 0.29) is 12.3 Å². The molecule has 0 radical (unpaired) electrons. The lowest BCUT2D eigenvalue weighted by molar-refractivity contribution is -0.117. The van der Waals surface area contributed by atoms with Crippen molar-refractivity contribution in [2.75, 3.05) is 12.4 Å². The van der Waals surface area contributed by atoms with Crippen molar-refractivity contribution in [1.82, 2.24) is 19.4 Å². The Morgan fingerprint density at radius 3 is 3.04 bits per heavy atom. The molecule has 1 aliphatic carbocycles. The normalized spacial score (nSPS) is 18.7. The largest absolute Gasteiger partial charge is 0.496 e. The monoisotopic (exact) mass is 365 g/mol. The Bertz CT molecular complexity index is 1180. The molecular weight excluding hydrogens is 349 g/mol. The highest BCUT2D eigenvalue weighted by atomic mass is 19.1. The predicted octanol–water partition coefficient (Wildman–Crippen LogP) is 3.18. The molecule has 1 saturated carbocycles. The summed E-state index contributed by atoms with van der Waals surface area (Å²) in [6, 6.07) is 5.47. The molecule has 0 aliphatic heterocycles. The molecule has 1 amide bonds. The number of halogens is 1. The Labute approximate surface area is 153 Å². The second-order valence-corrected chi connectivity index (χ2v) is 6.59. The topological polar surface area (TPSA) is 84.3 Å². The molecule has 1 fully saturated rings. The van der Waals surface area contributed by atoms with Crippen LogP contribution in [0.4, 0.5) is 10.2 Å². The number of fused-ring (bicyclic) bond motifs is 2. The number of imidazole rings is 1. The van der Waals surface area contributed by atoms with Crippen molar-refractivity contribution in [1.29, 1.82) is 0 Å². The number of ether oxygens (including phenoxy) is 1. The third-order valence-corrected chi connectivity index (χ3v) is 4.84. The van der Waals surface area contributed by atoms with E-state index in [0.29, 0.717) is 17.2 Å². The van der Waals surface area contributed by atoms with Gasteiger partial charge in [-0.3, -0.25) is 4.79 Å². The van der Waals surface area contributed by atoms with Crippen molar-refractivity contribution in [3.8, 4) is 16.9 Å². The van der Waals surface area contributed by atoms with Gasteiger partial charge >= 0.3 is 0 Å². The number of aromatic nitrogens is 4. The van der Waals surface area contributed by atoms with Crippen LogP contribution in [0.1, 0.15) is 6.42 Å². The number of hydrogen-bond acceptors (Lipinski definition) is 4. The van der Waals surface area contributed by atoms with Crippen molar-refractivity contribution in [3.05, 3.63) is 43.0 Å². The van der Waals surface area contributed by atoms with E-state index in [1.165, 1.54) is 0 Å². The van der Waals surface area contributed by atoms with Crippen LogP contribution in [0.3, 0.4) is 0 Å². The molecular formula is C19H16FN5O2. The number of carbonyl (C=O) groups is 1. The molecule has 2 unspecified atom stereocenters. The summed E-state index contributed by atoms with van der Waals surface area (Å²) >= 11 is 0. The predicted molar refractivity (Wildman–Crippen MR) is 98.5 cm³/mol. The average molecular weight is 365 g/mol. The number of anilines is 1. The number of amides is 1. The number of pyridine rings is 2. The van der Waals surface area contributed by atoms with E-state index in [0.717, 1.165) is 22.2 Å². The number of alkyl halides is 1. The molecule has 136 valence electrons. The molecule has 7 nitrogen and oxygen atoms in total. The minimum absolute atomic E-state index is 0.289. The first-order valence-corrected chi connectivity index (χ1v) is 8.58. The van der Waals surface area contributed by atoms with Gasteiger partial charge in [-0.05, 0) is 18.6 Å². The van der Waals surface area contributed by atoms with Gasteiger partial charge in [0, 0.05) is 47.4 Å². The summed E-state index contributed by atoms with van der Waals surface area (Å²) in [6.45, 7) is 0. The van der Waals surface area contributed by atoms with Crippen LogP contribution in [-0.2, 0) is 4.79 Å². The average Bonchev–Trinajstić information content (AvgIpc) is 3.07. The van der Waals surface area contributed by atoms with Crippen LogP contribution >= 0.6 is 0 Å². The smallest absolute Gasteiger partial charge is 0.231 e. The molecule has 0 bridgehead atoms. The SMILES string of the molecule is COc1cc2nccn2cc1-c1c[nH]c2nc(NC(=O)C3CC3F)ccc12. The molecule has 0 saturated heterocycles. The van der Waals surface area contributed by atoms with Crippen molar-refractivity contribution < 1.29 is 13.9 Å². The number of hydrogen-bond donors (Lipinski definition) is 2. The van der Waals surface area contributed by atoms with Crippen LogP contribution in [0, 0.1) is 5.92 Å². The van der Waals surface area contributed by atoms with Crippen LogP contribution in [0.15, 0.2) is 43.0 Å². The Hall–Kier alpha value is -3.42. The maximum atomic E-state index is 13.0. The summed E-state index contributed by atoms with van der Waals surface area (Å²) in [7, 11) is 1.62. The quantitative estimate of drug-likeness (QED) is 0.582. The lowest BCUT2D eigenvalue weighted by atomic mass is 10.1. The fraction of sp³-hybridized carbons (Fsp3) is 0.211. The molecule has 5 rings (SSSR count). The summed E-state index contributed by atoms with van der Waals surface area (Å²) in [5.74, 6) is 0.230. The van der Waals surface area contributed by atoms with E-state index in [1.54, 1.807) is 19.4 Å². The van der Waals surface area contributed by atoms with Crippen molar-refractivity contribution in [3.63, 3.8) is 0 Å². The minimum atomic E-state index is -1.03. The molecule has 4 aromatic rings. The molecule has 1 aliphatic rings. The number of nitrogens with zero attached hydrogens (tertiary/aromatic N) is 3. The van der Waals surface area contributed by atoms with Gasteiger partial charge in [0.25, 0.3) is 0 Å². The molecule has 2 atom stereocenters. The van der Waals surface area contributed by atoms with Crippen LogP contribution in [-0.4, -0.2) is 38.5 Å². The first kappa shape index (κ1) is 15.8. The van der Waals surface area contributed by atoms with Crippen molar-refractivity contribution >= 4 is 28.4 Å². The lowest BCUT2D eigenvalue weighted by Gasteiger charge is -2.09. The summed E-state index contributed by atoms with van der Waals surface area (Å²) in [5, 5.41) is 3.56. The zero-order valence-electron chi connectivity index (χ0n) is 14.4. The van der Waals surface area contributed by atoms with Crippen LogP contribution in [0.5, 0.6) is 5.75 Å². The number of nitrogens with one attached hydrogen (secondary N) is 2. The fourth-order valence-corrected chi connectivity index (χ4v) is 3.27. The minimum Gasteiger partial charge on any atom is -0.496 e. The Kier molecular flexibility index (Phi) is 3.40. The van der Waals surface area contributed by atoms with Gasteiger partial charge in [-0.25, -0.2) is 14.4 Å². The zero-order chi connectivity index (χ0) is 18.5. The van der Waals surface area contributed by atoms with Crippen LogP contribution in [0.2, 0.25) is 0 Å². The van der Waals surface area contributed by atoms with Gasteiger partial charge in [-0.15, -0.1) is 0 Å². The van der Waals surface area contributed by atoms with Gasteiger partial charge < -0.3 is 19.4 Å². The van der Waals surface area contributed by atoms with E-state index < -0.39 is 12.1 Å². The fourth-order valence-electron chi connectivity index (χ4n) is 3.27. The summed E-state index contributed by atoms with van der Waals surface area (Å²) < 4.78 is 20.5. The van der Waals surface area contributed by atoms with Crippen LogP contribution < -0.4 is 10.1 Å². The zero-order valence-corrected chi connectivity index (χ0v) is 14.4. The van der Waals surface area contributed by atoms with Crippen molar-refractivity contribution in [2.24, 2.45) is 5.92 Å². The van der Waals surface area contributed by atoms with Gasteiger partial charge in [0.1, 0.15) is 29.0 Å².